The Labute approximate surface area is 154 Å². The lowest BCUT2D eigenvalue weighted by molar-refractivity contribution is 0.223. The molecular formula is C19H28FN5O. The van der Waals surface area contributed by atoms with Crippen LogP contribution in [0.3, 0.4) is 0 Å². The van der Waals surface area contributed by atoms with Gasteiger partial charge in [-0.25, -0.2) is 4.39 Å². The lowest BCUT2D eigenvalue weighted by Crippen LogP contribution is -2.42. The number of nitrogens with one attached hydrogen (secondary N) is 2. The van der Waals surface area contributed by atoms with Crippen LogP contribution in [0.25, 0.3) is 0 Å². The second-order valence-electron chi connectivity index (χ2n) is 6.27. The van der Waals surface area contributed by atoms with Crippen molar-refractivity contribution in [3.8, 4) is 5.75 Å². The zero-order valence-electron chi connectivity index (χ0n) is 15.9. The summed E-state index contributed by atoms with van der Waals surface area (Å²) in [5.41, 5.74) is 2.22. The molecule has 26 heavy (non-hydrogen) atoms. The van der Waals surface area contributed by atoms with Gasteiger partial charge in [0.1, 0.15) is 17.7 Å². The van der Waals surface area contributed by atoms with Gasteiger partial charge < -0.3 is 15.4 Å². The van der Waals surface area contributed by atoms with Crippen molar-refractivity contribution in [2.75, 3.05) is 20.1 Å². The summed E-state index contributed by atoms with van der Waals surface area (Å²) in [6.07, 6.45) is 0.822. The molecule has 2 N–H and O–H groups in total. The quantitative estimate of drug-likeness (QED) is 0.431. The fraction of sp³-hybridized carbons (Fsp3) is 0.474. The molecule has 0 aliphatic rings. The fourth-order valence-corrected chi connectivity index (χ4v) is 2.61. The predicted octanol–water partition coefficient (Wildman–Crippen LogP) is 2.66. The van der Waals surface area contributed by atoms with Crippen molar-refractivity contribution in [1.29, 1.82) is 0 Å². The average molecular weight is 361 g/mol. The number of aryl methyl sites for hydroxylation is 3. The van der Waals surface area contributed by atoms with E-state index < -0.39 is 0 Å². The Morgan fingerprint density at radius 1 is 1.31 bits per heavy atom. The topological polar surface area (TPSA) is 63.5 Å². The van der Waals surface area contributed by atoms with Crippen molar-refractivity contribution in [2.45, 2.75) is 39.8 Å². The first-order chi connectivity index (χ1) is 12.5. The van der Waals surface area contributed by atoms with E-state index in [0.29, 0.717) is 18.3 Å². The summed E-state index contributed by atoms with van der Waals surface area (Å²) < 4.78 is 20.9. The van der Waals surface area contributed by atoms with Crippen LogP contribution in [0.1, 0.15) is 24.7 Å². The lowest BCUT2D eigenvalue weighted by atomic mass is 10.3. The summed E-state index contributed by atoms with van der Waals surface area (Å²) in [5, 5.41) is 10.9. The van der Waals surface area contributed by atoms with Crippen LogP contribution in [-0.4, -0.2) is 42.0 Å². The van der Waals surface area contributed by atoms with Gasteiger partial charge in [0, 0.05) is 31.9 Å². The van der Waals surface area contributed by atoms with Gasteiger partial charge in [0.15, 0.2) is 5.96 Å². The molecule has 0 saturated heterocycles. The normalized spacial score (nSPS) is 12.7. The summed E-state index contributed by atoms with van der Waals surface area (Å²) in [5.74, 6) is 0.933. The van der Waals surface area contributed by atoms with Crippen molar-refractivity contribution >= 4 is 5.96 Å². The highest BCUT2D eigenvalue weighted by molar-refractivity contribution is 5.79. The largest absolute Gasteiger partial charge is 0.489 e. The third-order valence-electron chi connectivity index (χ3n) is 3.86. The maximum Gasteiger partial charge on any atom is 0.191 e. The van der Waals surface area contributed by atoms with Gasteiger partial charge in [-0.1, -0.05) is 6.07 Å². The summed E-state index contributed by atoms with van der Waals surface area (Å²) in [4.78, 5) is 4.20. The maximum atomic E-state index is 13.2. The van der Waals surface area contributed by atoms with Crippen LogP contribution >= 0.6 is 0 Å². The first-order valence-electron chi connectivity index (χ1n) is 8.85. The minimum atomic E-state index is -0.303. The molecule has 0 spiro atoms. The molecule has 1 atom stereocenters. The second-order valence-corrected chi connectivity index (χ2v) is 6.27. The van der Waals surface area contributed by atoms with Gasteiger partial charge in [-0.15, -0.1) is 0 Å². The van der Waals surface area contributed by atoms with Crippen molar-refractivity contribution in [3.63, 3.8) is 0 Å². The Morgan fingerprint density at radius 3 is 2.77 bits per heavy atom. The molecule has 7 heteroatoms. The predicted molar refractivity (Wildman–Crippen MR) is 102 cm³/mol. The zero-order chi connectivity index (χ0) is 18.9. The third kappa shape index (κ3) is 6.38. The zero-order valence-corrected chi connectivity index (χ0v) is 15.9. The molecule has 6 nitrogen and oxygen atoms in total. The minimum Gasteiger partial charge on any atom is -0.489 e. The van der Waals surface area contributed by atoms with Crippen LogP contribution in [0.2, 0.25) is 0 Å². The van der Waals surface area contributed by atoms with Gasteiger partial charge in [0.2, 0.25) is 0 Å². The third-order valence-corrected chi connectivity index (χ3v) is 3.86. The van der Waals surface area contributed by atoms with Gasteiger partial charge in [-0.3, -0.25) is 9.67 Å². The number of halogens is 1. The molecule has 0 bridgehead atoms. The van der Waals surface area contributed by atoms with Gasteiger partial charge in [0.25, 0.3) is 0 Å². The molecular weight excluding hydrogens is 333 g/mol. The van der Waals surface area contributed by atoms with Gasteiger partial charge in [-0.05, 0) is 45.4 Å². The lowest BCUT2D eigenvalue weighted by Gasteiger charge is -2.18. The molecule has 0 radical (unpaired) electrons. The van der Waals surface area contributed by atoms with E-state index in [-0.39, 0.29) is 11.9 Å². The summed E-state index contributed by atoms with van der Waals surface area (Å²) in [7, 11) is 1.73. The fourth-order valence-electron chi connectivity index (χ4n) is 2.61. The number of nitrogens with zero attached hydrogens (tertiary/aromatic N) is 3. The van der Waals surface area contributed by atoms with Gasteiger partial charge in [0.05, 0.1) is 12.2 Å². The smallest absolute Gasteiger partial charge is 0.191 e. The molecule has 1 heterocycles. The summed E-state index contributed by atoms with van der Waals surface area (Å²) in [6.45, 7) is 8.20. The van der Waals surface area contributed by atoms with E-state index in [4.69, 9.17) is 4.74 Å². The van der Waals surface area contributed by atoms with Crippen LogP contribution in [0.4, 0.5) is 4.39 Å². The van der Waals surface area contributed by atoms with E-state index in [9.17, 15) is 4.39 Å². The first-order valence-corrected chi connectivity index (χ1v) is 8.85. The van der Waals surface area contributed by atoms with Crippen LogP contribution in [0.15, 0.2) is 35.3 Å². The van der Waals surface area contributed by atoms with E-state index in [0.717, 1.165) is 25.2 Å². The number of hydrogen-bond acceptors (Lipinski definition) is 3. The summed E-state index contributed by atoms with van der Waals surface area (Å²) >= 11 is 0. The molecule has 1 unspecified atom stereocenters. The molecule has 1 aromatic carbocycles. The molecule has 142 valence electrons. The second kappa shape index (κ2) is 9.79. The van der Waals surface area contributed by atoms with Crippen LogP contribution < -0.4 is 15.4 Å². The van der Waals surface area contributed by atoms with Crippen molar-refractivity contribution in [2.24, 2.45) is 4.99 Å². The van der Waals surface area contributed by atoms with E-state index >= 15 is 0 Å². The highest BCUT2D eigenvalue weighted by atomic mass is 19.1. The average Bonchev–Trinajstić information content (AvgIpc) is 2.91. The number of rotatable bonds is 8. The minimum absolute atomic E-state index is 0.120. The van der Waals surface area contributed by atoms with Crippen molar-refractivity contribution in [3.05, 3.63) is 47.5 Å². The number of benzene rings is 1. The molecule has 2 aromatic rings. The molecule has 0 aliphatic heterocycles. The molecule has 0 aliphatic carbocycles. The number of ether oxygens (including phenoxy) is 1. The number of aromatic nitrogens is 2. The van der Waals surface area contributed by atoms with Crippen LogP contribution in [0, 0.1) is 19.7 Å². The SMILES string of the molecule is CN=C(NCCCn1nc(C)cc1C)NCC(C)Oc1cccc(F)c1. The highest BCUT2D eigenvalue weighted by Gasteiger charge is 2.06. The van der Waals surface area contributed by atoms with Gasteiger partial charge in [-0.2, -0.15) is 5.10 Å². The Bertz CT molecular complexity index is 728. The maximum absolute atomic E-state index is 13.2. The Morgan fingerprint density at radius 2 is 2.12 bits per heavy atom. The van der Waals surface area contributed by atoms with Crippen LogP contribution in [0.5, 0.6) is 5.75 Å². The first kappa shape index (κ1) is 19.8. The highest BCUT2D eigenvalue weighted by Crippen LogP contribution is 2.13. The Kier molecular flexibility index (Phi) is 7.44. The van der Waals surface area contributed by atoms with E-state index in [2.05, 4.69) is 33.7 Å². The standard InChI is InChI=1S/C19H28FN5O/c1-14-11-15(2)25(24-14)10-6-9-22-19(21-4)23-13-16(3)26-18-8-5-7-17(20)12-18/h5,7-8,11-12,16H,6,9-10,13H2,1-4H3,(H2,21,22,23). The van der Waals surface area contributed by atoms with Crippen LogP contribution in [-0.2, 0) is 6.54 Å². The number of guanidine groups is 1. The molecule has 1 aromatic heterocycles. The van der Waals surface area contributed by atoms with Crippen molar-refractivity contribution in [1.82, 2.24) is 20.4 Å². The molecule has 0 fully saturated rings. The number of aliphatic imine (C=N–C) groups is 1. The van der Waals surface area contributed by atoms with E-state index in [1.807, 2.05) is 18.5 Å². The number of hydrogen-bond donors (Lipinski definition) is 2. The monoisotopic (exact) mass is 361 g/mol. The Hall–Kier alpha value is -2.57. The van der Waals surface area contributed by atoms with Crippen molar-refractivity contribution < 1.29 is 9.13 Å². The van der Waals surface area contributed by atoms with Gasteiger partial charge >= 0.3 is 0 Å². The molecule has 0 saturated carbocycles. The van der Waals surface area contributed by atoms with E-state index in [1.165, 1.54) is 17.8 Å². The Balaban J connectivity index is 1.67. The molecule has 2 rings (SSSR count). The molecule has 0 amide bonds. The summed E-state index contributed by atoms with van der Waals surface area (Å²) in [6, 6.07) is 8.23. The van der Waals surface area contributed by atoms with E-state index in [1.54, 1.807) is 19.2 Å².